The van der Waals surface area contributed by atoms with Crippen LogP contribution < -0.4 is 10.6 Å². The Morgan fingerprint density at radius 3 is 2.57 bits per heavy atom. The van der Waals surface area contributed by atoms with Gasteiger partial charge in [-0.25, -0.2) is 0 Å². The summed E-state index contributed by atoms with van der Waals surface area (Å²) in [7, 11) is 0. The fourth-order valence-electron chi connectivity index (χ4n) is 2.31. The average molecular weight is 358 g/mol. The summed E-state index contributed by atoms with van der Waals surface area (Å²) < 4.78 is 0. The van der Waals surface area contributed by atoms with Gasteiger partial charge in [0.05, 0.1) is 11.3 Å². The maximum atomic E-state index is 12.6. The van der Waals surface area contributed by atoms with Gasteiger partial charge in [-0.3, -0.25) is 9.59 Å². The topological polar surface area (TPSA) is 61.4 Å². The lowest BCUT2D eigenvalue weighted by Gasteiger charge is -2.28. The summed E-state index contributed by atoms with van der Waals surface area (Å²) in [6.45, 7) is 6.99. The van der Waals surface area contributed by atoms with E-state index >= 15 is 0 Å². The second-order valence-corrected chi connectivity index (χ2v) is 6.57. The van der Waals surface area contributed by atoms with Crippen LogP contribution in [0.5, 0.6) is 0 Å². The second kappa shape index (κ2) is 9.80. The highest BCUT2D eigenvalue weighted by molar-refractivity contribution is 8.00. The summed E-state index contributed by atoms with van der Waals surface area (Å²) in [5.74, 6) is 0.364. The molecule has 0 unspecified atom stereocenters. The molecular formula is C16H24ClN3O2S. The van der Waals surface area contributed by atoms with Crippen LogP contribution in [0.25, 0.3) is 0 Å². The highest BCUT2D eigenvalue weighted by Gasteiger charge is 2.20. The van der Waals surface area contributed by atoms with Gasteiger partial charge in [-0.2, -0.15) is 0 Å². The Morgan fingerprint density at radius 1 is 1.26 bits per heavy atom. The Hall–Kier alpha value is -1.24. The summed E-state index contributed by atoms with van der Waals surface area (Å²) in [5, 5.41) is 6.10. The largest absolute Gasteiger partial charge is 0.353 e. The van der Waals surface area contributed by atoms with Gasteiger partial charge in [0.2, 0.25) is 5.91 Å². The van der Waals surface area contributed by atoms with E-state index in [4.69, 9.17) is 0 Å². The fraction of sp³-hybridized carbons (Fsp3) is 0.500. The first-order chi connectivity index (χ1) is 10.6. The Kier molecular flexibility index (Phi) is 8.44. The van der Waals surface area contributed by atoms with Crippen LogP contribution in [-0.4, -0.2) is 54.7 Å². The molecule has 0 atom stereocenters. The molecule has 5 nitrogen and oxygen atoms in total. The van der Waals surface area contributed by atoms with Gasteiger partial charge in [0.1, 0.15) is 0 Å². The SMILES string of the molecule is CC(C)NC(=O)CSc1ccccc1C(=O)N1CCNCC1.Cl. The zero-order valence-corrected chi connectivity index (χ0v) is 15.1. The molecule has 2 rings (SSSR count). The quantitative estimate of drug-likeness (QED) is 0.788. The number of rotatable bonds is 5. The summed E-state index contributed by atoms with van der Waals surface area (Å²) in [6.07, 6.45) is 0. The normalized spacial score (nSPS) is 14.3. The Morgan fingerprint density at radius 2 is 1.91 bits per heavy atom. The molecule has 128 valence electrons. The van der Waals surface area contributed by atoms with Crippen LogP contribution in [0.3, 0.4) is 0 Å². The zero-order chi connectivity index (χ0) is 15.9. The van der Waals surface area contributed by atoms with Gasteiger partial charge in [0, 0.05) is 37.1 Å². The van der Waals surface area contributed by atoms with Gasteiger partial charge >= 0.3 is 0 Å². The molecule has 1 aromatic carbocycles. The third-order valence-electron chi connectivity index (χ3n) is 3.33. The first kappa shape index (κ1) is 19.8. The number of hydrogen-bond acceptors (Lipinski definition) is 4. The molecule has 0 spiro atoms. The maximum absolute atomic E-state index is 12.6. The molecule has 0 aromatic heterocycles. The van der Waals surface area contributed by atoms with E-state index in [1.165, 1.54) is 11.8 Å². The van der Waals surface area contributed by atoms with Crippen LogP contribution >= 0.6 is 24.2 Å². The minimum atomic E-state index is -0.00979. The van der Waals surface area contributed by atoms with Gasteiger partial charge in [-0.05, 0) is 26.0 Å². The molecule has 23 heavy (non-hydrogen) atoms. The van der Waals surface area contributed by atoms with Crippen molar-refractivity contribution in [3.8, 4) is 0 Å². The molecule has 0 bridgehead atoms. The molecule has 2 N–H and O–H groups in total. The number of carbonyl (C=O) groups is 2. The summed E-state index contributed by atoms with van der Waals surface area (Å²) in [5.41, 5.74) is 0.687. The number of hydrogen-bond donors (Lipinski definition) is 2. The third kappa shape index (κ3) is 6.05. The third-order valence-corrected chi connectivity index (χ3v) is 4.40. The molecule has 1 heterocycles. The molecule has 0 radical (unpaired) electrons. The number of halogens is 1. The van der Waals surface area contributed by atoms with Gasteiger partial charge < -0.3 is 15.5 Å². The molecule has 1 saturated heterocycles. The van der Waals surface area contributed by atoms with Crippen LogP contribution in [0.2, 0.25) is 0 Å². The highest BCUT2D eigenvalue weighted by atomic mass is 35.5. The Balaban J connectivity index is 0.00000264. The minimum absolute atomic E-state index is 0. The van der Waals surface area contributed by atoms with Crippen molar-refractivity contribution < 1.29 is 9.59 Å². The zero-order valence-electron chi connectivity index (χ0n) is 13.5. The standard InChI is InChI=1S/C16H23N3O2S.ClH/c1-12(2)18-15(20)11-22-14-6-4-3-5-13(14)16(21)19-9-7-17-8-10-19;/h3-6,12,17H,7-11H2,1-2H3,(H,18,20);1H. The molecule has 7 heteroatoms. The molecule has 1 aliphatic heterocycles. The number of nitrogens with zero attached hydrogens (tertiary/aromatic N) is 1. The number of benzene rings is 1. The van der Waals surface area contributed by atoms with Gasteiger partial charge in [-0.15, -0.1) is 24.2 Å². The Bertz CT molecular complexity index is 534. The fourth-order valence-corrected chi connectivity index (χ4v) is 3.17. The first-order valence-electron chi connectivity index (χ1n) is 7.59. The van der Waals surface area contributed by atoms with Crippen LogP contribution in [-0.2, 0) is 4.79 Å². The summed E-state index contributed by atoms with van der Waals surface area (Å²) in [6, 6.07) is 7.64. The van der Waals surface area contributed by atoms with Crippen molar-refractivity contribution in [3.05, 3.63) is 29.8 Å². The lowest BCUT2D eigenvalue weighted by molar-refractivity contribution is -0.119. The molecular weight excluding hydrogens is 334 g/mol. The van der Waals surface area contributed by atoms with Gasteiger partial charge in [-0.1, -0.05) is 12.1 Å². The average Bonchev–Trinajstić information content (AvgIpc) is 2.53. The Labute approximate surface area is 148 Å². The maximum Gasteiger partial charge on any atom is 0.255 e. The molecule has 1 fully saturated rings. The monoisotopic (exact) mass is 357 g/mol. The van der Waals surface area contributed by atoms with Crippen molar-refractivity contribution in [2.45, 2.75) is 24.8 Å². The number of piperazine rings is 1. The van der Waals surface area contributed by atoms with Gasteiger partial charge in [0.15, 0.2) is 0 Å². The van der Waals surface area contributed by atoms with Crippen LogP contribution in [0.1, 0.15) is 24.2 Å². The van der Waals surface area contributed by atoms with E-state index in [0.29, 0.717) is 11.3 Å². The van der Waals surface area contributed by atoms with Crippen molar-refractivity contribution in [1.82, 2.24) is 15.5 Å². The van der Waals surface area contributed by atoms with Crippen LogP contribution in [0, 0.1) is 0 Å². The van der Waals surface area contributed by atoms with E-state index in [1.807, 2.05) is 43.0 Å². The molecule has 2 amide bonds. The van der Waals surface area contributed by atoms with E-state index in [1.54, 1.807) is 0 Å². The lowest BCUT2D eigenvalue weighted by Crippen LogP contribution is -2.46. The molecule has 1 aliphatic rings. The smallest absolute Gasteiger partial charge is 0.255 e. The number of amides is 2. The highest BCUT2D eigenvalue weighted by Crippen LogP contribution is 2.24. The molecule has 0 aliphatic carbocycles. The van der Waals surface area contributed by atoms with Crippen molar-refractivity contribution >= 4 is 36.0 Å². The van der Waals surface area contributed by atoms with Crippen LogP contribution in [0.15, 0.2) is 29.2 Å². The van der Waals surface area contributed by atoms with Crippen molar-refractivity contribution in [2.24, 2.45) is 0 Å². The minimum Gasteiger partial charge on any atom is -0.353 e. The van der Waals surface area contributed by atoms with E-state index in [9.17, 15) is 9.59 Å². The second-order valence-electron chi connectivity index (χ2n) is 5.55. The number of nitrogens with one attached hydrogen (secondary N) is 2. The van der Waals surface area contributed by atoms with Crippen molar-refractivity contribution in [1.29, 1.82) is 0 Å². The molecule has 1 aromatic rings. The van der Waals surface area contributed by atoms with E-state index in [-0.39, 0.29) is 30.3 Å². The van der Waals surface area contributed by atoms with Crippen molar-refractivity contribution in [3.63, 3.8) is 0 Å². The lowest BCUT2D eigenvalue weighted by atomic mass is 10.2. The number of carbonyl (C=O) groups excluding carboxylic acids is 2. The number of thioether (sulfide) groups is 1. The first-order valence-corrected chi connectivity index (χ1v) is 8.57. The van der Waals surface area contributed by atoms with E-state index in [2.05, 4.69) is 10.6 Å². The van der Waals surface area contributed by atoms with E-state index in [0.717, 1.165) is 31.1 Å². The predicted octanol–water partition coefficient (Wildman–Crippen LogP) is 1.77. The summed E-state index contributed by atoms with van der Waals surface area (Å²) >= 11 is 1.41. The van der Waals surface area contributed by atoms with E-state index < -0.39 is 0 Å². The van der Waals surface area contributed by atoms with Crippen molar-refractivity contribution in [2.75, 3.05) is 31.9 Å². The van der Waals surface area contributed by atoms with Crippen LogP contribution in [0.4, 0.5) is 0 Å². The summed E-state index contributed by atoms with van der Waals surface area (Å²) in [4.78, 5) is 27.1. The molecule has 0 saturated carbocycles. The van der Waals surface area contributed by atoms with Gasteiger partial charge in [0.25, 0.3) is 5.91 Å². The predicted molar refractivity (Wildman–Crippen MR) is 96.5 cm³/mol.